The standard InChI is InChI=1S/C18H22ClN3OS/c1-14(18(23)20-13-17-6-3-11-24-17)21-7-9-22(10-8-21)16-5-2-4-15(19)12-16/h2-6,11-12,14H,7-10,13H2,1H3,(H,20,23)/p+1/t14-/m0/s1. The van der Waals surface area contributed by atoms with Crippen LogP contribution >= 0.6 is 22.9 Å². The van der Waals surface area contributed by atoms with Crippen molar-refractivity contribution in [3.8, 4) is 0 Å². The first-order valence-corrected chi connectivity index (χ1v) is 9.54. The molecule has 0 radical (unpaired) electrons. The summed E-state index contributed by atoms with van der Waals surface area (Å²) in [4.78, 5) is 17.2. The van der Waals surface area contributed by atoms with Gasteiger partial charge in [0.15, 0.2) is 6.04 Å². The van der Waals surface area contributed by atoms with Gasteiger partial charge in [-0.1, -0.05) is 23.7 Å². The molecule has 1 aromatic carbocycles. The quantitative estimate of drug-likeness (QED) is 0.849. The first-order chi connectivity index (χ1) is 11.6. The lowest BCUT2D eigenvalue weighted by Gasteiger charge is -2.36. The van der Waals surface area contributed by atoms with Gasteiger partial charge >= 0.3 is 0 Å². The Hall–Kier alpha value is -1.56. The first kappa shape index (κ1) is 17.3. The molecule has 2 aromatic rings. The summed E-state index contributed by atoms with van der Waals surface area (Å²) in [5.41, 5.74) is 1.16. The van der Waals surface area contributed by atoms with Gasteiger partial charge in [-0.15, -0.1) is 11.3 Å². The third kappa shape index (κ3) is 4.29. The Bertz CT molecular complexity index is 669. The number of hydrogen-bond donors (Lipinski definition) is 2. The Kier molecular flexibility index (Phi) is 5.76. The van der Waals surface area contributed by atoms with E-state index in [4.69, 9.17) is 11.6 Å². The van der Waals surface area contributed by atoms with Crippen LogP contribution in [-0.4, -0.2) is 38.1 Å². The van der Waals surface area contributed by atoms with Gasteiger partial charge in [-0.25, -0.2) is 0 Å². The largest absolute Gasteiger partial charge is 0.360 e. The number of piperazine rings is 1. The van der Waals surface area contributed by atoms with Gasteiger partial charge in [0.1, 0.15) is 0 Å². The molecule has 1 amide bonds. The number of carbonyl (C=O) groups is 1. The summed E-state index contributed by atoms with van der Waals surface area (Å²) in [6.07, 6.45) is 0. The number of nitrogens with zero attached hydrogens (tertiary/aromatic N) is 1. The van der Waals surface area contributed by atoms with Gasteiger partial charge in [-0.3, -0.25) is 4.79 Å². The molecule has 1 fully saturated rings. The second-order valence-corrected chi connectivity index (χ2v) is 7.61. The molecule has 1 aliphatic heterocycles. The molecule has 2 N–H and O–H groups in total. The van der Waals surface area contributed by atoms with Crippen molar-refractivity contribution in [1.82, 2.24) is 5.32 Å². The van der Waals surface area contributed by atoms with Gasteiger partial charge in [0, 0.05) is 15.6 Å². The number of nitrogens with one attached hydrogen (secondary N) is 2. The zero-order valence-corrected chi connectivity index (χ0v) is 15.4. The molecule has 0 aliphatic carbocycles. The summed E-state index contributed by atoms with van der Waals surface area (Å²) in [6, 6.07) is 12.0. The van der Waals surface area contributed by atoms with Gasteiger partial charge in [-0.2, -0.15) is 0 Å². The monoisotopic (exact) mass is 364 g/mol. The minimum Gasteiger partial charge on any atom is -0.360 e. The van der Waals surface area contributed by atoms with Crippen molar-refractivity contribution in [2.45, 2.75) is 19.5 Å². The fraction of sp³-hybridized carbons (Fsp3) is 0.389. The highest BCUT2D eigenvalue weighted by Gasteiger charge is 2.29. The van der Waals surface area contributed by atoms with Gasteiger partial charge in [0.2, 0.25) is 0 Å². The molecule has 2 heterocycles. The summed E-state index contributed by atoms with van der Waals surface area (Å²) < 4.78 is 0. The lowest BCUT2D eigenvalue weighted by molar-refractivity contribution is -0.914. The van der Waals surface area contributed by atoms with Crippen molar-refractivity contribution in [3.05, 3.63) is 51.7 Å². The van der Waals surface area contributed by atoms with Crippen LogP contribution in [0.3, 0.4) is 0 Å². The van der Waals surface area contributed by atoms with Crippen molar-refractivity contribution in [3.63, 3.8) is 0 Å². The van der Waals surface area contributed by atoms with Gasteiger partial charge in [0.05, 0.1) is 32.7 Å². The van der Waals surface area contributed by atoms with Crippen LogP contribution in [0.4, 0.5) is 5.69 Å². The van der Waals surface area contributed by atoms with Gasteiger partial charge in [0.25, 0.3) is 5.91 Å². The fourth-order valence-electron chi connectivity index (χ4n) is 3.08. The number of carbonyl (C=O) groups excluding carboxylic acids is 1. The summed E-state index contributed by atoms with van der Waals surface area (Å²) in [6.45, 7) is 6.45. The van der Waals surface area contributed by atoms with E-state index in [1.807, 2.05) is 42.6 Å². The van der Waals surface area contributed by atoms with Crippen molar-refractivity contribution < 1.29 is 9.69 Å². The molecule has 0 bridgehead atoms. The maximum Gasteiger partial charge on any atom is 0.278 e. The molecule has 4 nitrogen and oxygen atoms in total. The molecule has 1 aromatic heterocycles. The van der Waals surface area contributed by atoms with Gasteiger partial charge in [-0.05, 0) is 36.6 Å². The number of hydrogen-bond acceptors (Lipinski definition) is 3. The van der Waals surface area contributed by atoms with Gasteiger partial charge < -0.3 is 15.1 Å². The molecule has 0 saturated carbocycles. The van der Waals surface area contributed by atoms with Crippen LogP contribution < -0.4 is 15.1 Å². The number of rotatable bonds is 5. The fourth-order valence-corrected chi connectivity index (χ4v) is 3.91. The predicted octanol–water partition coefficient (Wildman–Crippen LogP) is 1.81. The Morgan fingerprint density at radius 3 is 2.79 bits per heavy atom. The first-order valence-electron chi connectivity index (χ1n) is 8.28. The minimum absolute atomic E-state index is 0.0218. The van der Waals surface area contributed by atoms with E-state index < -0.39 is 0 Å². The zero-order valence-electron chi connectivity index (χ0n) is 13.8. The average Bonchev–Trinajstić information content (AvgIpc) is 3.13. The number of quaternary nitrogens is 1. The highest BCUT2D eigenvalue weighted by atomic mass is 35.5. The highest BCUT2D eigenvalue weighted by molar-refractivity contribution is 7.09. The lowest BCUT2D eigenvalue weighted by Crippen LogP contribution is -3.19. The van der Waals surface area contributed by atoms with E-state index in [0.29, 0.717) is 6.54 Å². The smallest absolute Gasteiger partial charge is 0.278 e. The Morgan fingerprint density at radius 1 is 1.33 bits per heavy atom. The van der Waals surface area contributed by atoms with Crippen LogP contribution in [0.25, 0.3) is 0 Å². The molecule has 6 heteroatoms. The van der Waals surface area contributed by atoms with E-state index in [1.165, 1.54) is 9.78 Å². The van der Waals surface area contributed by atoms with Crippen LogP contribution in [0.2, 0.25) is 5.02 Å². The summed E-state index contributed by atoms with van der Waals surface area (Å²) >= 11 is 7.75. The van der Waals surface area contributed by atoms with Crippen molar-refractivity contribution >= 4 is 34.5 Å². The predicted molar refractivity (Wildman–Crippen MR) is 100.0 cm³/mol. The Labute approximate surface area is 152 Å². The average molecular weight is 365 g/mol. The van der Waals surface area contributed by atoms with E-state index in [9.17, 15) is 4.79 Å². The summed E-state index contributed by atoms with van der Waals surface area (Å²) in [5.74, 6) is 0.134. The Balaban J connectivity index is 1.49. The maximum atomic E-state index is 12.4. The number of thiophene rings is 1. The second kappa shape index (κ2) is 8.01. The normalized spacial score (nSPS) is 16.8. The maximum absolute atomic E-state index is 12.4. The molecule has 1 aliphatic rings. The number of halogens is 1. The SMILES string of the molecule is C[C@@H](C(=O)NCc1cccs1)[NH+]1CCN(c2cccc(Cl)c2)CC1. The van der Waals surface area contributed by atoms with Crippen molar-refractivity contribution in [1.29, 1.82) is 0 Å². The van der Waals surface area contributed by atoms with Crippen LogP contribution in [-0.2, 0) is 11.3 Å². The van der Waals surface area contributed by atoms with Crippen LogP contribution in [0.5, 0.6) is 0 Å². The molecule has 0 spiro atoms. The molecule has 3 rings (SSSR count). The molecule has 1 atom stereocenters. The zero-order chi connectivity index (χ0) is 16.9. The van der Waals surface area contributed by atoms with E-state index >= 15 is 0 Å². The van der Waals surface area contributed by atoms with Crippen molar-refractivity contribution in [2.75, 3.05) is 31.1 Å². The molecule has 0 unspecified atom stereocenters. The molecule has 128 valence electrons. The van der Waals surface area contributed by atoms with E-state index in [-0.39, 0.29) is 11.9 Å². The third-order valence-corrected chi connectivity index (χ3v) is 5.71. The number of anilines is 1. The van der Waals surface area contributed by atoms with Crippen LogP contribution in [0.15, 0.2) is 41.8 Å². The summed E-state index contributed by atoms with van der Waals surface area (Å²) in [5, 5.41) is 5.85. The van der Waals surface area contributed by atoms with E-state index in [1.54, 1.807) is 11.3 Å². The minimum atomic E-state index is -0.0218. The van der Waals surface area contributed by atoms with E-state index in [2.05, 4.69) is 16.3 Å². The molecule has 24 heavy (non-hydrogen) atoms. The van der Waals surface area contributed by atoms with Crippen molar-refractivity contribution in [2.24, 2.45) is 0 Å². The lowest BCUT2D eigenvalue weighted by atomic mass is 10.2. The molecule has 1 saturated heterocycles. The molecular formula is C18H23ClN3OS+. The topological polar surface area (TPSA) is 36.8 Å². The van der Waals surface area contributed by atoms with Crippen LogP contribution in [0.1, 0.15) is 11.8 Å². The number of amides is 1. The van der Waals surface area contributed by atoms with Crippen LogP contribution in [0, 0.1) is 0 Å². The van der Waals surface area contributed by atoms with E-state index in [0.717, 1.165) is 36.9 Å². The Morgan fingerprint density at radius 2 is 2.12 bits per heavy atom. The second-order valence-electron chi connectivity index (χ2n) is 6.14. The third-order valence-electron chi connectivity index (χ3n) is 4.60. The number of benzene rings is 1. The molecular weight excluding hydrogens is 342 g/mol. The highest BCUT2D eigenvalue weighted by Crippen LogP contribution is 2.19. The summed E-state index contributed by atoms with van der Waals surface area (Å²) in [7, 11) is 0.